The Morgan fingerprint density at radius 3 is 1.41 bits per heavy atom. The third kappa shape index (κ3) is 4.08. The summed E-state index contributed by atoms with van der Waals surface area (Å²) < 4.78 is 5.66. The molecule has 0 spiro atoms. The molecule has 32 heavy (non-hydrogen) atoms. The lowest BCUT2D eigenvalue weighted by molar-refractivity contribution is -0.140. The maximum atomic E-state index is 13.4. The lowest BCUT2D eigenvalue weighted by Crippen LogP contribution is -2.74. The number of benzene rings is 4. The molecule has 4 rings (SSSR count). The third-order valence-corrected chi connectivity index (χ3v) is 10.1. The first kappa shape index (κ1) is 21.2. The maximum absolute atomic E-state index is 13.4. The van der Waals surface area contributed by atoms with Gasteiger partial charge in [-0.3, -0.25) is 0 Å². The first-order valence-electron chi connectivity index (χ1n) is 10.4. The Bertz CT molecular complexity index is 1130. The molecule has 0 atom stereocenters. The Balaban J connectivity index is 1.90. The van der Waals surface area contributed by atoms with Gasteiger partial charge in [0.05, 0.1) is 0 Å². The second kappa shape index (κ2) is 9.84. The van der Waals surface area contributed by atoms with Crippen LogP contribution < -0.4 is 15.6 Å². The average molecular weight is 435 g/mol. The molecule has 0 fully saturated rings. The first-order valence-corrected chi connectivity index (χ1v) is 12.4. The van der Waals surface area contributed by atoms with Crippen LogP contribution in [-0.2, 0) is 16.1 Å². The zero-order chi connectivity index (χ0) is 22.2. The van der Waals surface area contributed by atoms with Crippen molar-refractivity contribution in [2.45, 2.75) is 6.61 Å². The van der Waals surface area contributed by atoms with Crippen LogP contribution in [0.1, 0.15) is 5.56 Å². The molecule has 5 heteroatoms. The van der Waals surface area contributed by atoms with Gasteiger partial charge in [-0.1, -0.05) is 121 Å². The minimum atomic E-state index is -3.23. The molecule has 0 N–H and O–H groups in total. The van der Waals surface area contributed by atoms with Crippen molar-refractivity contribution in [1.82, 2.24) is 0 Å². The average Bonchev–Trinajstić information content (AvgIpc) is 2.88. The van der Waals surface area contributed by atoms with Gasteiger partial charge in [0.1, 0.15) is 6.61 Å². The summed E-state index contributed by atoms with van der Waals surface area (Å²) in [5.74, 6) is -0.625. The van der Waals surface area contributed by atoms with E-state index in [9.17, 15) is 10.3 Å². The number of carbonyl (C=O) groups is 1. The van der Waals surface area contributed by atoms with Gasteiger partial charge in [-0.15, -0.1) is 0 Å². The fourth-order valence-electron chi connectivity index (χ4n) is 4.04. The number of nitrogens with zero attached hydrogens (tertiary/aromatic N) is 2. The van der Waals surface area contributed by atoms with E-state index in [1.54, 1.807) is 0 Å². The summed E-state index contributed by atoms with van der Waals surface area (Å²) in [5, 5.41) is 2.84. The number of esters is 1. The van der Waals surface area contributed by atoms with Crippen molar-refractivity contribution in [3.8, 4) is 0 Å². The summed E-state index contributed by atoms with van der Waals surface area (Å²) in [6, 6.07) is 38.8. The molecule has 0 radical (unpaired) electrons. The lowest BCUT2D eigenvalue weighted by atomic mass is 10.2. The van der Waals surface area contributed by atoms with Crippen LogP contribution in [-0.4, -0.2) is 24.2 Å². The predicted molar refractivity (Wildman–Crippen MR) is 129 cm³/mol. The summed E-state index contributed by atoms with van der Waals surface area (Å²) in [4.78, 5) is 17.0. The Kier molecular flexibility index (Phi) is 6.51. The van der Waals surface area contributed by atoms with Gasteiger partial charge in [-0.25, -0.2) is 4.79 Å². The Labute approximate surface area is 188 Å². The Morgan fingerprint density at radius 1 is 0.656 bits per heavy atom. The predicted octanol–water partition coefficient (Wildman–Crippen LogP) is 3.11. The van der Waals surface area contributed by atoms with Crippen molar-refractivity contribution in [2.75, 3.05) is 0 Å². The van der Waals surface area contributed by atoms with Gasteiger partial charge in [0, 0.05) is 0 Å². The van der Waals surface area contributed by atoms with E-state index < -0.39 is 14.0 Å². The van der Waals surface area contributed by atoms with Crippen LogP contribution in [0.2, 0.25) is 0 Å². The fourth-order valence-corrected chi connectivity index (χ4v) is 8.46. The summed E-state index contributed by atoms with van der Waals surface area (Å²) in [5.41, 5.74) is 11.1. The molecule has 0 amide bonds. The zero-order valence-corrected chi connectivity index (χ0v) is 18.5. The molecule has 4 nitrogen and oxygen atoms in total. The SMILES string of the molecule is [N-]=[N+]=C(C(=O)OCc1ccccc1)[Si](c1ccccc1)(c1ccccc1)c1ccccc1. The molecule has 4 aromatic rings. The highest BCUT2D eigenvalue weighted by molar-refractivity contribution is 7.34. The molecule has 0 aliphatic carbocycles. The van der Waals surface area contributed by atoms with Gasteiger partial charge in [-0.2, -0.15) is 4.79 Å². The highest BCUT2D eigenvalue weighted by Gasteiger charge is 2.55. The summed E-state index contributed by atoms with van der Waals surface area (Å²) in [6.07, 6.45) is 0. The van der Waals surface area contributed by atoms with E-state index in [2.05, 4.69) is 4.79 Å². The highest BCUT2D eigenvalue weighted by Crippen LogP contribution is 2.12. The van der Waals surface area contributed by atoms with Crippen LogP contribution >= 0.6 is 0 Å². The molecule has 0 saturated heterocycles. The van der Waals surface area contributed by atoms with Gasteiger partial charge in [0.25, 0.3) is 8.07 Å². The summed E-state index contributed by atoms with van der Waals surface area (Å²) in [7, 11) is -3.23. The van der Waals surface area contributed by atoms with Crippen LogP contribution in [0.25, 0.3) is 5.53 Å². The van der Waals surface area contributed by atoms with Crippen molar-refractivity contribution in [3.63, 3.8) is 0 Å². The van der Waals surface area contributed by atoms with Crippen molar-refractivity contribution in [3.05, 3.63) is 132 Å². The van der Waals surface area contributed by atoms with E-state index in [1.807, 2.05) is 121 Å². The van der Waals surface area contributed by atoms with Crippen LogP contribution in [0, 0.1) is 0 Å². The number of rotatable bonds is 7. The van der Waals surface area contributed by atoms with Crippen LogP contribution in [0.15, 0.2) is 121 Å². The molecular weight excluding hydrogens is 412 g/mol. The number of hydrogen-bond acceptors (Lipinski definition) is 2. The van der Waals surface area contributed by atoms with Crippen molar-refractivity contribution in [1.29, 1.82) is 0 Å². The van der Waals surface area contributed by atoms with Crippen molar-refractivity contribution >= 4 is 34.9 Å². The number of carbonyl (C=O) groups excluding carboxylic acids is 1. The van der Waals surface area contributed by atoms with Crippen LogP contribution in [0.5, 0.6) is 0 Å². The molecule has 0 heterocycles. The molecule has 0 aliphatic rings. The largest absolute Gasteiger partial charge is 0.453 e. The van der Waals surface area contributed by atoms with E-state index >= 15 is 0 Å². The second-order valence-corrected chi connectivity index (χ2v) is 11.1. The molecule has 4 aromatic carbocycles. The van der Waals surface area contributed by atoms with E-state index in [0.717, 1.165) is 21.1 Å². The zero-order valence-electron chi connectivity index (χ0n) is 17.5. The molecule has 0 bridgehead atoms. The van der Waals surface area contributed by atoms with E-state index in [-0.39, 0.29) is 11.9 Å². The fraction of sp³-hybridized carbons (Fsp3) is 0.0370. The quantitative estimate of drug-likeness (QED) is 0.112. The smallest absolute Gasteiger partial charge is 0.411 e. The van der Waals surface area contributed by atoms with Crippen molar-refractivity contribution in [2.24, 2.45) is 0 Å². The lowest BCUT2D eigenvalue weighted by Gasteiger charge is -2.28. The second-order valence-electron chi connectivity index (χ2n) is 7.36. The maximum Gasteiger partial charge on any atom is 0.411 e. The molecule has 0 aromatic heterocycles. The minimum Gasteiger partial charge on any atom is -0.453 e. The normalized spacial score (nSPS) is 10.8. The molecule has 0 unspecified atom stereocenters. The molecule has 0 saturated carbocycles. The third-order valence-electron chi connectivity index (χ3n) is 5.48. The van der Waals surface area contributed by atoms with Gasteiger partial charge in [0.2, 0.25) is 0 Å². The highest BCUT2D eigenvalue weighted by atomic mass is 28.3. The van der Waals surface area contributed by atoms with Gasteiger partial charge in [0.15, 0.2) is 0 Å². The van der Waals surface area contributed by atoms with Crippen LogP contribution in [0.4, 0.5) is 0 Å². The topological polar surface area (TPSA) is 62.7 Å². The monoisotopic (exact) mass is 434 g/mol. The van der Waals surface area contributed by atoms with E-state index in [0.29, 0.717) is 0 Å². The van der Waals surface area contributed by atoms with Gasteiger partial charge < -0.3 is 10.3 Å². The molecule has 0 aliphatic heterocycles. The molecular formula is C27H22N2O2Si. The van der Waals surface area contributed by atoms with Gasteiger partial charge in [-0.05, 0) is 21.1 Å². The number of ether oxygens (including phenoxy) is 1. The number of hydrogen-bond donors (Lipinski definition) is 0. The Morgan fingerprint density at radius 2 is 1.03 bits per heavy atom. The standard InChI is InChI=1S/C27H22N2O2Si/c28-29-26(27(30)31-21-22-13-5-1-6-14-22)32(23-15-7-2-8-16-23,24-17-9-3-10-18-24)25-19-11-4-12-20-25/h1-20H,21H2. The van der Waals surface area contributed by atoms with Gasteiger partial charge >= 0.3 is 11.3 Å². The summed E-state index contributed by atoms with van der Waals surface area (Å²) >= 11 is 0. The molecule has 156 valence electrons. The van der Waals surface area contributed by atoms with E-state index in [4.69, 9.17) is 4.74 Å². The minimum absolute atomic E-state index is 0.0389. The van der Waals surface area contributed by atoms with Crippen molar-refractivity contribution < 1.29 is 14.3 Å². The van der Waals surface area contributed by atoms with Crippen LogP contribution in [0.3, 0.4) is 0 Å². The first-order chi connectivity index (χ1) is 15.8. The van der Waals surface area contributed by atoms with E-state index in [1.165, 1.54) is 0 Å². The summed E-state index contributed by atoms with van der Waals surface area (Å²) in [6.45, 7) is 0.0988. The Hall–Kier alpha value is -4.05.